The third-order valence-electron chi connectivity index (χ3n) is 4.96. The highest BCUT2D eigenvalue weighted by molar-refractivity contribution is 7.99. The second-order valence-corrected chi connectivity index (χ2v) is 8.80. The summed E-state index contributed by atoms with van der Waals surface area (Å²) in [4.78, 5) is 30.3. The number of furan rings is 1. The molecule has 0 aliphatic heterocycles. The Morgan fingerprint density at radius 1 is 1.24 bits per heavy atom. The molecule has 4 aromatic rings. The third-order valence-corrected chi connectivity index (χ3v) is 5.94. The number of benzene rings is 2. The standard InChI is InChI=1S/C24H23F2N3O4S/c1-14(2)32-11-5-10-29-23(31)22-21(16-6-3-4-7-19(16)33-22)28-24(29)34-13-20(30)27-18-12-15(25)8-9-17(18)26/h3-4,6-9,12,14H,5,10-11,13H2,1-2H3,(H,27,30). The predicted octanol–water partition coefficient (Wildman–Crippen LogP) is 4.97. The van der Waals surface area contributed by atoms with Crippen LogP contribution >= 0.6 is 11.8 Å². The van der Waals surface area contributed by atoms with Gasteiger partial charge >= 0.3 is 0 Å². The van der Waals surface area contributed by atoms with E-state index in [1.165, 1.54) is 4.57 Å². The minimum atomic E-state index is -0.744. The number of hydrogen-bond donors (Lipinski definition) is 1. The summed E-state index contributed by atoms with van der Waals surface area (Å²) in [6.07, 6.45) is 0.619. The summed E-state index contributed by atoms with van der Waals surface area (Å²) in [6.45, 7) is 4.62. The molecule has 10 heteroatoms. The van der Waals surface area contributed by atoms with Crippen LogP contribution in [0, 0.1) is 11.6 Å². The third kappa shape index (κ3) is 5.28. The van der Waals surface area contributed by atoms with Gasteiger partial charge in [0.1, 0.15) is 22.7 Å². The molecule has 0 atom stereocenters. The first kappa shape index (κ1) is 23.9. The number of para-hydroxylation sites is 1. The molecule has 2 heterocycles. The van der Waals surface area contributed by atoms with E-state index in [2.05, 4.69) is 10.3 Å². The van der Waals surface area contributed by atoms with Gasteiger partial charge in [-0.25, -0.2) is 13.8 Å². The predicted molar refractivity (Wildman–Crippen MR) is 127 cm³/mol. The molecule has 34 heavy (non-hydrogen) atoms. The molecule has 0 fully saturated rings. The molecule has 1 N–H and O–H groups in total. The number of rotatable bonds is 9. The number of carbonyl (C=O) groups excluding carboxylic acids is 1. The molecule has 1 amide bonds. The van der Waals surface area contributed by atoms with Gasteiger partial charge in [0.05, 0.1) is 17.5 Å². The van der Waals surface area contributed by atoms with Crippen LogP contribution < -0.4 is 10.9 Å². The Morgan fingerprint density at radius 3 is 2.82 bits per heavy atom. The van der Waals surface area contributed by atoms with Crippen molar-refractivity contribution in [1.82, 2.24) is 9.55 Å². The van der Waals surface area contributed by atoms with Crippen molar-refractivity contribution in [1.29, 1.82) is 0 Å². The molecule has 2 aromatic heterocycles. The van der Waals surface area contributed by atoms with Crippen LogP contribution in [0.3, 0.4) is 0 Å². The van der Waals surface area contributed by atoms with Crippen molar-refractivity contribution in [3.05, 3.63) is 64.5 Å². The summed E-state index contributed by atoms with van der Waals surface area (Å²) in [5.74, 6) is -2.13. The number of hydrogen-bond acceptors (Lipinski definition) is 6. The summed E-state index contributed by atoms with van der Waals surface area (Å²) in [5.41, 5.74) is 0.483. The maximum absolute atomic E-state index is 13.9. The Kier molecular flexibility index (Phi) is 7.28. The summed E-state index contributed by atoms with van der Waals surface area (Å²) < 4.78 is 40.0. The van der Waals surface area contributed by atoms with E-state index < -0.39 is 17.5 Å². The second kappa shape index (κ2) is 10.4. The van der Waals surface area contributed by atoms with Crippen LogP contribution in [0.1, 0.15) is 20.3 Å². The molecule has 0 radical (unpaired) electrons. The van der Waals surface area contributed by atoms with E-state index in [4.69, 9.17) is 9.15 Å². The van der Waals surface area contributed by atoms with Gasteiger partial charge in [0.25, 0.3) is 5.56 Å². The molecule has 0 aliphatic carbocycles. The highest BCUT2D eigenvalue weighted by Gasteiger charge is 2.19. The minimum absolute atomic E-state index is 0.0634. The Morgan fingerprint density at radius 2 is 2.03 bits per heavy atom. The Balaban J connectivity index is 1.61. The zero-order valence-electron chi connectivity index (χ0n) is 18.6. The molecule has 178 valence electrons. The van der Waals surface area contributed by atoms with Gasteiger partial charge in [-0.05, 0) is 44.5 Å². The Bertz CT molecular complexity index is 1400. The van der Waals surface area contributed by atoms with Crippen molar-refractivity contribution in [2.45, 2.75) is 38.1 Å². The van der Waals surface area contributed by atoms with Crippen molar-refractivity contribution >= 4 is 45.4 Å². The number of aromatic nitrogens is 2. The Labute approximate surface area is 198 Å². The van der Waals surface area contributed by atoms with Gasteiger partial charge in [0, 0.05) is 24.6 Å². The van der Waals surface area contributed by atoms with Crippen molar-refractivity contribution in [2.75, 3.05) is 17.7 Å². The highest BCUT2D eigenvalue weighted by Crippen LogP contribution is 2.27. The van der Waals surface area contributed by atoms with E-state index in [1.54, 1.807) is 12.1 Å². The first-order chi connectivity index (χ1) is 16.3. The Hall–Kier alpha value is -3.24. The van der Waals surface area contributed by atoms with E-state index in [0.717, 1.165) is 30.0 Å². The normalized spacial score (nSPS) is 11.6. The largest absolute Gasteiger partial charge is 0.448 e. The lowest BCUT2D eigenvalue weighted by Crippen LogP contribution is -2.25. The lowest BCUT2D eigenvalue weighted by atomic mass is 10.2. The monoisotopic (exact) mass is 487 g/mol. The lowest BCUT2D eigenvalue weighted by molar-refractivity contribution is -0.113. The van der Waals surface area contributed by atoms with E-state index >= 15 is 0 Å². The fraction of sp³-hybridized carbons (Fsp3) is 0.292. The van der Waals surface area contributed by atoms with E-state index in [0.29, 0.717) is 41.2 Å². The van der Waals surface area contributed by atoms with Crippen molar-refractivity contribution in [3.8, 4) is 0 Å². The average molecular weight is 488 g/mol. The molecule has 7 nitrogen and oxygen atoms in total. The topological polar surface area (TPSA) is 86.4 Å². The summed E-state index contributed by atoms with van der Waals surface area (Å²) in [7, 11) is 0. The molecule has 0 saturated heterocycles. The molecule has 2 aromatic carbocycles. The maximum Gasteiger partial charge on any atom is 0.297 e. The van der Waals surface area contributed by atoms with Gasteiger partial charge in [0.2, 0.25) is 11.5 Å². The fourth-order valence-electron chi connectivity index (χ4n) is 3.41. The summed E-state index contributed by atoms with van der Waals surface area (Å²) >= 11 is 1.03. The van der Waals surface area contributed by atoms with Crippen LogP contribution in [0.4, 0.5) is 14.5 Å². The zero-order chi connectivity index (χ0) is 24.2. The first-order valence-corrected chi connectivity index (χ1v) is 11.7. The minimum Gasteiger partial charge on any atom is -0.448 e. The quantitative estimate of drug-likeness (QED) is 0.204. The van der Waals surface area contributed by atoms with Gasteiger partial charge in [-0.15, -0.1) is 0 Å². The van der Waals surface area contributed by atoms with E-state index in [1.807, 2.05) is 26.0 Å². The van der Waals surface area contributed by atoms with Crippen molar-refractivity contribution < 1.29 is 22.7 Å². The number of nitrogens with zero attached hydrogens (tertiary/aromatic N) is 2. The zero-order valence-corrected chi connectivity index (χ0v) is 19.5. The number of anilines is 1. The maximum atomic E-state index is 13.9. The number of amides is 1. The molecular weight excluding hydrogens is 464 g/mol. The lowest BCUT2D eigenvalue weighted by Gasteiger charge is -2.13. The van der Waals surface area contributed by atoms with Crippen LogP contribution in [-0.4, -0.2) is 33.9 Å². The molecule has 0 aliphatic rings. The van der Waals surface area contributed by atoms with E-state index in [-0.39, 0.29) is 28.7 Å². The average Bonchev–Trinajstić information content (AvgIpc) is 3.18. The number of nitrogens with one attached hydrogen (secondary N) is 1. The number of thioether (sulfide) groups is 1. The van der Waals surface area contributed by atoms with Gasteiger partial charge in [-0.1, -0.05) is 23.9 Å². The van der Waals surface area contributed by atoms with Gasteiger partial charge in [-0.2, -0.15) is 0 Å². The number of carbonyl (C=O) groups is 1. The molecule has 0 bridgehead atoms. The molecule has 4 rings (SSSR count). The fourth-order valence-corrected chi connectivity index (χ4v) is 4.23. The highest BCUT2D eigenvalue weighted by atomic mass is 32.2. The smallest absolute Gasteiger partial charge is 0.297 e. The number of fused-ring (bicyclic) bond motifs is 3. The van der Waals surface area contributed by atoms with Gasteiger partial charge in [0.15, 0.2) is 5.16 Å². The van der Waals surface area contributed by atoms with Crippen molar-refractivity contribution in [2.24, 2.45) is 0 Å². The molecule has 0 spiro atoms. The molecule has 0 saturated carbocycles. The SMILES string of the molecule is CC(C)OCCCn1c(SCC(=O)Nc2cc(F)ccc2F)nc2c(oc3ccccc32)c1=O. The van der Waals surface area contributed by atoms with E-state index in [9.17, 15) is 18.4 Å². The van der Waals surface area contributed by atoms with Gasteiger partial charge < -0.3 is 14.5 Å². The summed E-state index contributed by atoms with van der Waals surface area (Å²) in [5, 5.41) is 3.37. The van der Waals surface area contributed by atoms with Crippen LogP contribution in [-0.2, 0) is 16.1 Å². The van der Waals surface area contributed by atoms with Crippen LogP contribution in [0.2, 0.25) is 0 Å². The van der Waals surface area contributed by atoms with Gasteiger partial charge in [-0.3, -0.25) is 14.2 Å². The number of halogens is 2. The first-order valence-electron chi connectivity index (χ1n) is 10.7. The van der Waals surface area contributed by atoms with Crippen LogP contribution in [0.15, 0.2) is 56.8 Å². The van der Waals surface area contributed by atoms with Crippen LogP contribution in [0.5, 0.6) is 0 Å². The second-order valence-electron chi connectivity index (χ2n) is 7.86. The summed E-state index contributed by atoms with van der Waals surface area (Å²) in [6, 6.07) is 10.0. The number of ether oxygens (including phenoxy) is 1. The molecule has 0 unspecified atom stereocenters. The van der Waals surface area contributed by atoms with Crippen LogP contribution in [0.25, 0.3) is 22.1 Å². The van der Waals surface area contributed by atoms with Crippen molar-refractivity contribution in [3.63, 3.8) is 0 Å². The molecular formula is C24H23F2N3O4S.